The molecule has 5 nitrogen and oxygen atoms in total. The van der Waals surface area contributed by atoms with E-state index in [2.05, 4.69) is 13.5 Å². The minimum atomic E-state index is -0.547. The molecule has 29 heavy (non-hydrogen) atoms. The van der Waals surface area contributed by atoms with Crippen molar-refractivity contribution in [2.24, 2.45) is 0 Å². The Labute approximate surface area is 177 Å². The van der Waals surface area contributed by atoms with Crippen molar-refractivity contribution in [3.63, 3.8) is 0 Å². The fourth-order valence-electron chi connectivity index (χ4n) is 3.22. The first kappa shape index (κ1) is 25.7. The normalized spacial score (nSPS) is 15.1. The van der Waals surface area contributed by atoms with Crippen LogP contribution >= 0.6 is 0 Å². The molecule has 0 bridgehead atoms. The quantitative estimate of drug-likeness (QED) is 0.108. The van der Waals surface area contributed by atoms with E-state index in [-0.39, 0.29) is 24.7 Å². The van der Waals surface area contributed by atoms with Gasteiger partial charge >= 0.3 is 11.9 Å². The molecule has 1 aliphatic heterocycles. The van der Waals surface area contributed by atoms with Crippen LogP contribution in [0.25, 0.3) is 0 Å². The maximum Gasteiger partial charge on any atom is 0.334 e. The average molecular weight is 411 g/mol. The lowest BCUT2D eigenvalue weighted by molar-refractivity contribution is -0.146. The van der Waals surface area contributed by atoms with Crippen molar-refractivity contribution in [2.45, 2.75) is 109 Å². The smallest absolute Gasteiger partial charge is 0.334 e. The monoisotopic (exact) mass is 410 g/mol. The Morgan fingerprint density at radius 3 is 1.79 bits per heavy atom. The summed E-state index contributed by atoms with van der Waals surface area (Å²) in [6.07, 6.45) is 18.0. The summed E-state index contributed by atoms with van der Waals surface area (Å²) in [5.74, 6) is -0.960. The molecule has 168 valence electrons. The standard InChI is InChI=1S/C24H42O5/c1-3-4-5-6-7-8-9-10-11-12-13-14-15-16-17-27-23(25)18-21(2)24(26)29-20-22-19-28-22/h22H,2-20H2,1H3. The van der Waals surface area contributed by atoms with E-state index >= 15 is 0 Å². The van der Waals surface area contributed by atoms with Crippen LogP contribution in [0, 0.1) is 0 Å². The van der Waals surface area contributed by atoms with Crippen LogP contribution in [0.1, 0.15) is 103 Å². The molecule has 5 heteroatoms. The van der Waals surface area contributed by atoms with E-state index in [1.807, 2.05) is 0 Å². The molecule has 0 N–H and O–H groups in total. The molecule has 1 heterocycles. The lowest BCUT2D eigenvalue weighted by atomic mass is 10.0. The maximum atomic E-state index is 11.7. The first-order valence-corrected chi connectivity index (χ1v) is 11.8. The van der Waals surface area contributed by atoms with E-state index < -0.39 is 11.9 Å². The minimum Gasteiger partial charge on any atom is -0.465 e. The van der Waals surface area contributed by atoms with Crippen molar-refractivity contribution in [1.82, 2.24) is 0 Å². The van der Waals surface area contributed by atoms with E-state index in [0.717, 1.165) is 12.8 Å². The summed E-state index contributed by atoms with van der Waals surface area (Å²) >= 11 is 0. The van der Waals surface area contributed by atoms with Gasteiger partial charge in [-0.3, -0.25) is 4.79 Å². The first-order chi connectivity index (χ1) is 14.1. The number of unbranched alkanes of at least 4 members (excludes halogenated alkanes) is 13. The number of carbonyl (C=O) groups is 2. The van der Waals surface area contributed by atoms with Crippen LogP contribution in [0.15, 0.2) is 12.2 Å². The van der Waals surface area contributed by atoms with Gasteiger partial charge in [0.15, 0.2) is 0 Å². The van der Waals surface area contributed by atoms with E-state index in [1.54, 1.807) is 0 Å². The van der Waals surface area contributed by atoms with Gasteiger partial charge in [0.05, 0.1) is 19.6 Å². The maximum absolute atomic E-state index is 11.7. The Hall–Kier alpha value is -1.36. The van der Waals surface area contributed by atoms with Gasteiger partial charge in [0.1, 0.15) is 12.7 Å². The average Bonchev–Trinajstić information content (AvgIpc) is 3.53. The largest absolute Gasteiger partial charge is 0.465 e. The van der Waals surface area contributed by atoms with Crippen molar-refractivity contribution in [1.29, 1.82) is 0 Å². The SMILES string of the molecule is C=C(CC(=O)OCCCCCCCCCCCCCCCC)C(=O)OCC1CO1. The second-order valence-electron chi connectivity index (χ2n) is 8.15. The second kappa shape index (κ2) is 17.5. The third-order valence-electron chi connectivity index (χ3n) is 5.21. The summed E-state index contributed by atoms with van der Waals surface area (Å²) in [6, 6.07) is 0. The number of hydrogen-bond acceptors (Lipinski definition) is 5. The fraction of sp³-hybridized carbons (Fsp3) is 0.833. The molecule has 1 fully saturated rings. The van der Waals surface area contributed by atoms with Gasteiger partial charge in [-0.15, -0.1) is 0 Å². The predicted octanol–water partition coefficient (Wildman–Crippen LogP) is 5.90. The van der Waals surface area contributed by atoms with Crippen LogP contribution in [-0.4, -0.2) is 37.9 Å². The van der Waals surface area contributed by atoms with Crippen molar-refractivity contribution in [3.8, 4) is 0 Å². The minimum absolute atomic E-state index is 0.0130. The van der Waals surface area contributed by atoms with Gasteiger partial charge in [-0.2, -0.15) is 0 Å². The topological polar surface area (TPSA) is 65.1 Å². The van der Waals surface area contributed by atoms with Crippen LogP contribution in [-0.2, 0) is 23.8 Å². The van der Waals surface area contributed by atoms with Gasteiger partial charge < -0.3 is 14.2 Å². The van der Waals surface area contributed by atoms with Crippen molar-refractivity contribution >= 4 is 11.9 Å². The van der Waals surface area contributed by atoms with Crippen molar-refractivity contribution < 1.29 is 23.8 Å². The number of esters is 2. The molecule has 0 saturated carbocycles. The molecule has 1 aliphatic rings. The zero-order valence-corrected chi connectivity index (χ0v) is 18.6. The van der Waals surface area contributed by atoms with E-state index in [9.17, 15) is 9.59 Å². The van der Waals surface area contributed by atoms with E-state index in [0.29, 0.717) is 13.2 Å². The van der Waals surface area contributed by atoms with Gasteiger partial charge in [0.2, 0.25) is 0 Å². The second-order valence-corrected chi connectivity index (χ2v) is 8.15. The molecule has 1 atom stereocenters. The third-order valence-corrected chi connectivity index (χ3v) is 5.21. The Morgan fingerprint density at radius 2 is 1.31 bits per heavy atom. The predicted molar refractivity (Wildman–Crippen MR) is 116 cm³/mol. The molecule has 1 rings (SSSR count). The summed E-state index contributed by atoms with van der Waals surface area (Å²) in [6.45, 7) is 7.13. The highest BCUT2D eigenvalue weighted by molar-refractivity contribution is 5.93. The van der Waals surface area contributed by atoms with Gasteiger partial charge in [-0.1, -0.05) is 97.0 Å². The lowest BCUT2D eigenvalue weighted by Crippen LogP contribution is -2.15. The molecule has 0 amide bonds. The zero-order chi connectivity index (χ0) is 21.2. The Bertz CT molecular complexity index is 456. The Morgan fingerprint density at radius 1 is 0.828 bits per heavy atom. The van der Waals surface area contributed by atoms with Gasteiger partial charge in [0, 0.05) is 5.57 Å². The molecule has 0 aromatic heterocycles. The Balaban J connectivity index is 1.80. The fourth-order valence-corrected chi connectivity index (χ4v) is 3.22. The molecule has 1 saturated heterocycles. The number of carbonyl (C=O) groups excluding carboxylic acids is 2. The van der Waals surface area contributed by atoms with Crippen LogP contribution in [0.3, 0.4) is 0 Å². The summed E-state index contributed by atoms with van der Waals surface area (Å²) in [5.41, 5.74) is 0.136. The van der Waals surface area contributed by atoms with Crippen LogP contribution in [0.2, 0.25) is 0 Å². The summed E-state index contributed by atoms with van der Waals surface area (Å²) in [4.78, 5) is 23.4. The zero-order valence-electron chi connectivity index (χ0n) is 18.6. The van der Waals surface area contributed by atoms with Crippen LogP contribution in [0.5, 0.6) is 0 Å². The molecular weight excluding hydrogens is 368 g/mol. The molecule has 0 aliphatic carbocycles. The molecular formula is C24H42O5. The number of rotatable bonds is 20. The van der Waals surface area contributed by atoms with Gasteiger partial charge in [-0.25, -0.2) is 4.79 Å². The van der Waals surface area contributed by atoms with Crippen LogP contribution in [0.4, 0.5) is 0 Å². The summed E-state index contributed by atoms with van der Waals surface area (Å²) < 4.78 is 15.1. The van der Waals surface area contributed by atoms with Crippen LogP contribution < -0.4 is 0 Å². The lowest BCUT2D eigenvalue weighted by Gasteiger charge is -2.07. The number of epoxide rings is 1. The highest BCUT2D eigenvalue weighted by atomic mass is 16.6. The highest BCUT2D eigenvalue weighted by Crippen LogP contribution is 2.13. The first-order valence-electron chi connectivity index (χ1n) is 11.8. The summed E-state index contributed by atoms with van der Waals surface area (Å²) in [7, 11) is 0. The van der Waals surface area contributed by atoms with Gasteiger partial charge in [-0.05, 0) is 6.42 Å². The molecule has 0 aromatic rings. The van der Waals surface area contributed by atoms with Crippen molar-refractivity contribution in [3.05, 3.63) is 12.2 Å². The molecule has 0 spiro atoms. The molecule has 1 unspecified atom stereocenters. The third kappa shape index (κ3) is 16.2. The number of hydrogen-bond donors (Lipinski definition) is 0. The Kier molecular flexibility index (Phi) is 15.5. The van der Waals surface area contributed by atoms with Gasteiger partial charge in [0.25, 0.3) is 0 Å². The van der Waals surface area contributed by atoms with E-state index in [4.69, 9.17) is 14.2 Å². The summed E-state index contributed by atoms with van der Waals surface area (Å²) in [5, 5.41) is 0. The van der Waals surface area contributed by atoms with E-state index in [1.165, 1.54) is 77.0 Å². The number of ether oxygens (including phenoxy) is 3. The molecule has 0 aromatic carbocycles. The highest BCUT2D eigenvalue weighted by Gasteiger charge is 2.25. The van der Waals surface area contributed by atoms with Crippen molar-refractivity contribution in [2.75, 3.05) is 19.8 Å². The molecule has 0 radical (unpaired) electrons.